The smallest absolute Gasteiger partial charge is 0.255 e. The van der Waals surface area contributed by atoms with Crippen LogP contribution in [-0.4, -0.2) is 22.7 Å². The van der Waals surface area contributed by atoms with Crippen molar-refractivity contribution in [2.24, 2.45) is 0 Å². The minimum atomic E-state index is -0.390. The molecule has 0 saturated carbocycles. The third kappa shape index (κ3) is 2.81. The summed E-state index contributed by atoms with van der Waals surface area (Å²) < 4.78 is 0. The highest BCUT2D eigenvalue weighted by Gasteiger charge is 2.13. The van der Waals surface area contributed by atoms with Crippen molar-refractivity contribution in [1.82, 2.24) is 5.32 Å². The van der Waals surface area contributed by atoms with E-state index in [9.17, 15) is 15.0 Å². The number of aromatic hydroxyl groups is 2. The number of rotatable bonds is 4. The van der Waals surface area contributed by atoms with Crippen molar-refractivity contribution in [2.45, 2.75) is 6.42 Å². The normalized spacial score (nSPS) is 10.2. The van der Waals surface area contributed by atoms with Gasteiger partial charge in [-0.1, -0.05) is 6.07 Å². The number of carbonyl (C=O) groups excluding carboxylic acids is 1. The summed E-state index contributed by atoms with van der Waals surface area (Å²) in [5.74, 6) is -1.07. The molecule has 1 aromatic heterocycles. The van der Waals surface area contributed by atoms with Crippen molar-refractivity contribution < 1.29 is 15.0 Å². The topological polar surface area (TPSA) is 69.6 Å². The Morgan fingerprint density at radius 1 is 1.28 bits per heavy atom. The Kier molecular flexibility index (Phi) is 3.84. The maximum atomic E-state index is 11.8. The van der Waals surface area contributed by atoms with Crippen LogP contribution in [0.3, 0.4) is 0 Å². The summed E-state index contributed by atoms with van der Waals surface area (Å²) in [7, 11) is 0. The molecular formula is C13H13NO3S. The van der Waals surface area contributed by atoms with Gasteiger partial charge in [0.05, 0.1) is 5.56 Å². The van der Waals surface area contributed by atoms with E-state index in [0.29, 0.717) is 6.54 Å². The zero-order valence-electron chi connectivity index (χ0n) is 9.59. The molecule has 0 atom stereocenters. The summed E-state index contributed by atoms with van der Waals surface area (Å²) >= 11 is 1.61. The van der Waals surface area contributed by atoms with Crippen LogP contribution in [0, 0.1) is 0 Å². The zero-order valence-corrected chi connectivity index (χ0v) is 10.4. The summed E-state index contributed by atoms with van der Waals surface area (Å²) in [6, 6.07) is 6.32. The number of phenols is 2. The third-order valence-electron chi connectivity index (χ3n) is 2.54. The highest BCUT2D eigenvalue weighted by atomic mass is 32.1. The summed E-state index contributed by atoms with van der Waals surface area (Å²) in [6.07, 6.45) is 0.745. The Morgan fingerprint density at radius 3 is 2.83 bits per heavy atom. The lowest BCUT2D eigenvalue weighted by Crippen LogP contribution is -2.25. The Morgan fingerprint density at radius 2 is 2.11 bits per heavy atom. The fourth-order valence-corrected chi connectivity index (χ4v) is 2.27. The summed E-state index contributed by atoms with van der Waals surface area (Å²) in [5, 5.41) is 25.5. The molecule has 0 saturated heterocycles. The maximum absolute atomic E-state index is 11.8. The van der Waals surface area contributed by atoms with E-state index in [1.54, 1.807) is 11.3 Å². The number of hydrogen-bond donors (Lipinski definition) is 3. The van der Waals surface area contributed by atoms with Crippen LogP contribution in [0.4, 0.5) is 0 Å². The van der Waals surface area contributed by atoms with Crippen LogP contribution in [0.5, 0.6) is 11.5 Å². The molecule has 2 rings (SSSR count). The molecule has 0 unspecified atom stereocenters. The molecule has 4 nitrogen and oxygen atoms in total. The first-order chi connectivity index (χ1) is 8.68. The van der Waals surface area contributed by atoms with E-state index in [-0.39, 0.29) is 17.1 Å². The number of thiophene rings is 1. The fraction of sp³-hybridized carbons (Fsp3) is 0.154. The summed E-state index contributed by atoms with van der Waals surface area (Å²) in [5.41, 5.74) is 1.25. The van der Waals surface area contributed by atoms with Crippen LogP contribution in [0.1, 0.15) is 15.9 Å². The first-order valence-electron chi connectivity index (χ1n) is 5.48. The average molecular weight is 263 g/mol. The van der Waals surface area contributed by atoms with Gasteiger partial charge in [-0.2, -0.15) is 11.3 Å². The molecule has 0 aliphatic heterocycles. The van der Waals surface area contributed by atoms with Crippen molar-refractivity contribution in [1.29, 1.82) is 0 Å². The molecule has 0 bridgehead atoms. The first kappa shape index (κ1) is 12.4. The van der Waals surface area contributed by atoms with Crippen LogP contribution in [0.25, 0.3) is 0 Å². The fourth-order valence-electron chi connectivity index (χ4n) is 1.57. The SMILES string of the molecule is O=C(NCCc1ccsc1)c1cccc(O)c1O. The summed E-state index contributed by atoms with van der Waals surface area (Å²) in [4.78, 5) is 11.8. The molecule has 2 aromatic rings. The van der Waals surface area contributed by atoms with Gasteiger partial charge in [0, 0.05) is 6.54 Å². The Bertz CT molecular complexity index is 537. The van der Waals surface area contributed by atoms with Crippen LogP contribution in [0.2, 0.25) is 0 Å². The number of amides is 1. The lowest BCUT2D eigenvalue weighted by atomic mass is 10.1. The Balaban J connectivity index is 1.93. The van der Waals surface area contributed by atoms with Crippen molar-refractivity contribution in [3.8, 4) is 11.5 Å². The molecule has 1 aromatic carbocycles. The highest BCUT2D eigenvalue weighted by molar-refractivity contribution is 7.07. The largest absolute Gasteiger partial charge is 0.504 e. The van der Waals surface area contributed by atoms with Gasteiger partial charge < -0.3 is 15.5 Å². The molecule has 1 amide bonds. The molecule has 5 heteroatoms. The first-order valence-corrected chi connectivity index (χ1v) is 6.43. The molecular weight excluding hydrogens is 250 g/mol. The lowest BCUT2D eigenvalue weighted by molar-refractivity contribution is 0.0951. The standard InChI is InChI=1S/C13H13NO3S/c15-11-3-1-2-10(12(11)16)13(17)14-6-4-9-5-7-18-8-9/h1-3,5,7-8,15-16H,4,6H2,(H,14,17). The van der Waals surface area contributed by atoms with Gasteiger partial charge in [-0.15, -0.1) is 0 Å². The van der Waals surface area contributed by atoms with E-state index in [0.717, 1.165) is 6.42 Å². The monoisotopic (exact) mass is 263 g/mol. The molecule has 0 fully saturated rings. The van der Waals surface area contributed by atoms with Gasteiger partial charge in [-0.05, 0) is 40.9 Å². The third-order valence-corrected chi connectivity index (χ3v) is 3.27. The van der Waals surface area contributed by atoms with E-state index in [1.165, 1.54) is 23.8 Å². The second kappa shape index (κ2) is 5.55. The van der Waals surface area contributed by atoms with Gasteiger partial charge in [0.15, 0.2) is 11.5 Å². The number of nitrogens with one attached hydrogen (secondary N) is 1. The van der Waals surface area contributed by atoms with Gasteiger partial charge in [0.1, 0.15) is 0 Å². The van der Waals surface area contributed by atoms with Crippen LogP contribution >= 0.6 is 11.3 Å². The van der Waals surface area contributed by atoms with E-state index >= 15 is 0 Å². The Labute approximate surface area is 109 Å². The zero-order chi connectivity index (χ0) is 13.0. The van der Waals surface area contributed by atoms with Gasteiger partial charge in [-0.25, -0.2) is 0 Å². The number of hydrogen-bond acceptors (Lipinski definition) is 4. The second-order valence-corrected chi connectivity index (χ2v) is 4.59. The van der Waals surface area contributed by atoms with E-state index in [1.807, 2.05) is 16.8 Å². The maximum Gasteiger partial charge on any atom is 0.255 e. The minimum absolute atomic E-state index is 0.0836. The summed E-state index contributed by atoms with van der Waals surface area (Å²) in [6.45, 7) is 0.491. The van der Waals surface area contributed by atoms with Gasteiger partial charge in [0.2, 0.25) is 0 Å². The molecule has 0 aliphatic carbocycles. The second-order valence-electron chi connectivity index (χ2n) is 3.81. The van der Waals surface area contributed by atoms with Crippen molar-refractivity contribution in [3.63, 3.8) is 0 Å². The van der Waals surface area contributed by atoms with Crippen molar-refractivity contribution in [3.05, 3.63) is 46.2 Å². The highest BCUT2D eigenvalue weighted by Crippen LogP contribution is 2.27. The van der Waals surface area contributed by atoms with Crippen molar-refractivity contribution in [2.75, 3.05) is 6.54 Å². The number of phenolic OH excluding ortho intramolecular Hbond substituents is 2. The van der Waals surface area contributed by atoms with Crippen LogP contribution in [-0.2, 0) is 6.42 Å². The Hall–Kier alpha value is -2.01. The molecule has 3 N–H and O–H groups in total. The van der Waals surface area contributed by atoms with Gasteiger partial charge in [0.25, 0.3) is 5.91 Å². The molecule has 0 radical (unpaired) electrons. The molecule has 1 heterocycles. The number of para-hydroxylation sites is 1. The van der Waals surface area contributed by atoms with Gasteiger partial charge >= 0.3 is 0 Å². The molecule has 94 valence electrons. The lowest BCUT2D eigenvalue weighted by Gasteiger charge is -2.07. The predicted molar refractivity (Wildman–Crippen MR) is 70.1 cm³/mol. The minimum Gasteiger partial charge on any atom is -0.504 e. The van der Waals surface area contributed by atoms with Crippen LogP contribution in [0.15, 0.2) is 35.0 Å². The predicted octanol–water partition coefficient (Wildman–Crippen LogP) is 2.13. The molecule has 18 heavy (non-hydrogen) atoms. The quantitative estimate of drug-likeness (QED) is 0.740. The number of benzene rings is 1. The number of carbonyl (C=O) groups is 1. The van der Waals surface area contributed by atoms with Crippen molar-refractivity contribution >= 4 is 17.2 Å². The average Bonchev–Trinajstić information content (AvgIpc) is 2.85. The van der Waals surface area contributed by atoms with E-state index in [2.05, 4.69) is 5.32 Å². The van der Waals surface area contributed by atoms with Crippen LogP contribution < -0.4 is 5.32 Å². The van der Waals surface area contributed by atoms with Gasteiger partial charge in [-0.3, -0.25) is 4.79 Å². The van der Waals surface area contributed by atoms with E-state index < -0.39 is 5.91 Å². The molecule has 0 spiro atoms. The van der Waals surface area contributed by atoms with E-state index in [4.69, 9.17) is 0 Å². The molecule has 0 aliphatic rings.